The Kier molecular flexibility index (Phi) is 8.14. The highest BCUT2D eigenvalue weighted by Crippen LogP contribution is 2.28. The first-order valence-corrected chi connectivity index (χ1v) is 14.3. The van der Waals surface area contributed by atoms with E-state index in [0.717, 1.165) is 45.1 Å². The number of aliphatic hydroxyl groups excluding tert-OH is 1. The molecule has 218 valence electrons. The van der Waals surface area contributed by atoms with Crippen molar-refractivity contribution in [3.63, 3.8) is 0 Å². The van der Waals surface area contributed by atoms with Gasteiger partial charge < -0.3 is 29.7 Å². The summed E-state index contributed by atoms with van der Waals surface area (Å²) in [6.45, 7) is 8.13. The van der Waals surface area contributed by atoms with Crippen LogP contribution in [0.3, 0.4) is 0 Å². The van der Waals surface area contributed by atoms with Gasteiger partial charge in [0, 0.05) is 56.1 Å². The number of amides is 1. The molecule has 0 spiro atoms. The highest BCUT2D eigenvalue weighted by atomic mass is 16.5. The van der Waals surface area contributed by atoms with Gasteiger partial charge in [-0.05, 0) is 49.4 Å². The van der Waals surface area contributed by atoms with Gasteiger partial charge in [-0.25, -0.2) is 9.97 Å². The van der Waals surface area contributed by atoms with Crippen molar-refractivity contribution in [2.24, 2.45) is 0 Å². The molecule has 0 aliphatic carbocycles. The summed E-state index contributed by atoms with van der Waals surface area (Å²) in [5.74, 6) is 0.942. The van der Waals surface area contributed by atoms with Crippen LogP contribution in [0.4, 0.5) is 17.3 Å². The summed E-state index contributed by atoms with van der Waals surface area (Å²) in [5, 5.41) is 22.6. The van der Waals surface area contributed by atoms with Gasteiger partial charge in [-0.15, -0.1) is 0 Å². The van der Waals surface area contributed by atoms with Gasteiger partial charge in [0.15, 0.2) is 5.82 Å². The van der Waals surface area contributed by atoms with E-state index in [1.807, 2.05) is 12.1 Å². The number of piperazine rings is 1. The Labute approximate surface area is 244 Å². The van der Waals surface area contributed by atoms with Gasteiger partial charge in [0.25, 0.3) is 5.91 Å². The molecule has 12 heteroatoms. The second kappa shape index (κ2) is 12.3. The van der Waals surface area contributed by atoms with Crippen molar-refractivity contribution < 1.29 is 19.4 Å². The highest BCUT2D eigenvalue weighted by molar-refractivity contribution is 5.80. The molecular formula is C30H34N8O4. The fourth-order valence-corrected chi connectivity index (χ4v) is 5.49. The number of carbonyl (C=O) groups is 1. The molecule has 3 fully saturated rings. The van der Waals surface area contributed by atoms with Crippen molar-refractivity contribution in [2.75, 3.05) is 62.7 Å². The van der Waals surface area contributed by atoms with Gasteiger partial charge in [0.2, 0.25) is 5.95 Å². The summed E-state index contributed by atoms with van der Waals surface area (Å²) in [6, 6.07) is 16.2. The number of ether oxygens (including phenoxy) is 2. The minimum Gasteiger partial charge on any atom is -0.487 e. The van der Waals surface area contributed by atoms with Gasteiger partial charge >= 0.3 is 0 Å². The Morgan fingerprint density at radius 1 is 1.12 bits per heavy atom. The van der Waals surface area contributed by atoms with Gasteiger partial charge in [-0.1, -0.05) is 0 Å². The summed E-state index contributed by atoms with van der Waals surface area (Å²) in [7, 11) is 0. The third kappa shape index (κ3) is 6.13. The number of nitriles is 1. The summed E-state index contributed by atoms with van der Waals surface area (Å²) in [4.78, 5) is 31.7. The van der Waals surface area contributed by atoms with E-state index < -0.39 is 6.10 Å². The predicted molar refractivity (Wildman–Crippen MR) is 155 cm³/mol. The summed E-state index contributed by atoms with van der Waals surface area (Å²) >= 11 is 0. The fraction of sp³-hybridized carbons (Fsp3) is 0.433. The first-order valence-electron chi connectivity index (χ1n) is 14.3. The fourth-order valence-electron chi connectivity index (χ4n) is 5.49. The molecule has 0 radical (unpaired) electrons. The van der Waals surface area contributed by atoms with Crippen LogP contribution in [-0.4, -0.2) is 106 Å². The maximum absolute atomic E-state index is 12.1. The minimum absolute atomic E-state index is 0.253. The van der Waals surface area contributed by atoms with Crippen molar-refractivity contribution in [3.8, 4) is 23.2 Å². The smallest absolute Gasteiger partial charge is 0.251 e. The normalized spacial score (nSPS) is 20.1. The predicted octanol–water partition coefficient (Wildman–Crippen LogP) is 2.04. The molecular weight excluding hydrogens is 536 g/mol. The lowest BCUT2D eigenvalue weighted by atomic mass is 10.1. The maximum atomic E-state index is 12.1. The quantitative estimate of drug-likeness (QED) is 0.411. The number of hydrogen-bond donors (Lipinski definition) is 2. The van der Waals surface area contributed by atoms with Crippen molar-refractivity contribution in [2.45, 2.75) is 31.6 Å². The van der Waals surface area contributed by atoms with Gasteiger partial charge in [0.05, 0.1) is 31.4 Å². The largest absolute Gasteiger partial charge is 0.487 e. The van der Waals surface area contributed by atoms with Gasteiger partial charge in [-0.2, -0.15) is 10.2 Å². The Bertz CT molecular complexity index is 1450. The van der Waals surface area contributed by atoms with E-state index in [1.165, 1.54) is 18.9 Å². The van der Waals surface area contributed by atoms with E-state index in [0.29, 0.717) is 54.2 Å². The third-order valence-electron chi connectivity index (χ3n) is 7.98. The molecule has 42 heavy (non-hydrogen) atoms. The molecule has 2 aromatic carbocycles. The zero-order chi connectivity index (χ0) is 29.1. The molecule has 0 bridgehead atoms. The van der Waals surface area contributed by atoms with Crippen molar-refractivity contribution in [1.29, 1.82) is 5.26 Å². The van der Waals surface area contributed by atoms with E-state index in [9.17, 15) is 15.2 Å². The van der Waals surface area contributed by atoms with E-state index in [-0.39, 0.29) is 12.0 Å². The topological polar surface area (TPSA) is 140 Å². The number of aliphatic hydroxyl groups is 1. The number of benzene rings is 2. The minimum atomic E-state index is -1.05. The number of carbonyl (C=O) groups excluding carboxylic acids is 1. The Balaban J connectivity index is 1.08. The van der Waals surface area contributed by atoms with Crippen molar-refractivity contribution in [3.05, 3.63) is 54.4 Å². The molecule has 1 amide bonds. The standard InChI is InChI=1S/C30H34N8O4/c1-20(39)29(40)38-9-8-26(16-38)42-27-7-2-21(14-22(27)15-31)28-32-19-33-30(35-28)34-23-3-5-24(6-4-23)36-10-12-37(13-11-36)25-17-41-18-25/h2-7,14,19-20,25-26,39H,8-13,16-18H2,1H3,(H,32,33,34,35). The van der Waals surface area contributed by atoms with Crippen LogP contribution >= 0.6 is 0 Å². The Morgan fingerprint density at radius 2 is 1.90 bits per heavy atom. The van der Waals surface area contributed by atoms with Crippen LogP contribution < -0.4 is 15.0 Å². The SMILES string of the molecule is CC(O)C(=O)N1CCC(Oc2ccc(-c3ncnc(Nc4ccc(N5CCN(C6COC6)CC5)cc4)n3)cc2C#N)C1. The highest BCUT2D eigenvalue weighted by Gasteiger charge is 2.30. The average molecular weight is 571 g/mol. The number of hydrogen-bond acceptors (Lipinski definition) is 11. The first-order chi connectivity index (χ1) is 20.5. The monoisotopic (exact) mass is 570 g/mol. The zero-order valence-electron chi connectivity index (χ0n) is 23.5. The molecule has 3 aromatic rings. The van der Waals surface area contributed by atoms with Crippen molar-refractivity contribution >= 4 is 23.2 Å². The van der Waals surface area contributed by atoms with E-state index in [4.69, 9.17) is 9.47 Å². The van der Waals surface area contributed by atoms with E-state index >= 15 is 0 Å². The van der Waals surface area contributed by atoms with Gasteiger partial charge in [0.1, 0.15) is 30.4 Å². The van der Waals surface area contributed by atoms with Crippen LogP contribution in [0.15, 0.2) is 48.8 Å². The molecule has 3 aliphatic rings. The lowest BCUT2D eigenvalue weighted by molar-refractivity contribution is -0.138. The number of nitrogens with one attached hydrogen (secondary N) is 1. The average Bonchev–Trinajstić information content (AvgIpc) is 3.45. The summed E-state index contributed by atoms with van der Waals surface area (Å²) in [5.41, 5.74) is 3.06. The van der Waals surface area contributed by atoms with Crippen LogP contribution in [-0.2, 0) is 9.53 Å². The summed E-state index contributed by atoms with van der Waals surface area (Å²) in [6.07, 6.45) is 0.767. The van der Waals surface area contributed by atoms with Crippen LogP contribution in [0.2, 0.25) is 0 Å². The van der Waals surface area contributed by atoms with Crippen LogP contribution in [0.1, 0.15) is 18.9 Å². The number of nitrogens with zero attached hydrogens (tertiary/aromatic N) is 7. The molecule has 2 unspecified atom stereocenters. The molecule has 1 aromatic heterocycles. The Hall–Kier alpha value is -4.31. The third-order valence-corrected chi connectivity index (χ3v) is 7.98. The lowest BCUT2D eigenvalue weighted by Crippen LogP contribution is -2.56. The summed E-state index contributed by atoms with van der Waals surface area (Å²) < 4.78 is 11.4. The molecule has 3 saturated heterocycles. The van der Waals surface area contributed by atoms with Crippen molar-refractivity contribution in [1.82, 2.24) is 24.8 Å². The molecule has 6 rings (SSSR count). The molecule has 0 saturated carbocycles. The first kappa shape index (κ1) is 27.8. The van der Waals surface area contributed by atoms with E-state index in [2.05, 4.69) is 48.3 Å². The van der Waals surface area contributed by atoms with Crippen LogP contribution in [0, 0.1) is 11.3 Å². The van der Waals surface area contributed by atoms with Crippen LogP contribution in [0.5, 0.6) is 5.75 Å². The molecule has 2 atom stereocenters. The second-order valence-electron chi connectivity index (χ2n) is 10.8. The molecule has 3 aliphatic heterocycles. The number of aromatic nitrogens is 3. The Morgan fingerprint density at radius 3 is 2.60 bits per heavy atom. The molecule has 12 nitrogen and oxygen atoms in total. The number of likely N-dealkylation sites (tertiary alicyclic amines) is 1. The maximum Gasteiger partial charge on any atom is 0.251 e. The molecule has 2 N–H and O–H groups in total. The van der Waals surface area contributed by atoms with E-state index in [1.54, 1.807) is 23.1 Å². The van der Waals surface area contributed by atoms with Crippen LogP contribution in [0.25, 0.3) is 11.4 Å². The number of anilines is 3. The lowest BCUT2D eigenvalue weighted by Gasteiger charge is -2.43. The molecule has 4 heterocycles. The zero-order valence-corrected chi connectivity index (χ0v) is 23.5. The van der Waals surface area contributed by atoms with Gasteiger partial charge in [-0.3, -0.25) is 9.69 Å². The number of rotatable bonds is 8. The second-order valence-corrected chi connectivity index (χ2v) is 10.8.